The topological polar surface area (TPSA) is 105 Å². The summed E-state index contributed by atoms with van der Waals surface area (Å²) in [5.74, 6) is -1.23. The molecule has 2 amide bonds. The average molecular weight is 479 g/mol. The van der Waals surface area contributed by atoms with Crippen LogP contribution in [-0.2, 0) is 14.3 Å². The fraction of sp³-hybridized carbons (Fsp3) is 0.464. The maximum atomic E-state index is 12.9. The van der Waals surface area contributed by atoms with Crippen LogP contribution >= 0.6 is 0 Å². The summed E-state index contributed by atoms with van der Waals surface area (Å²) >= 11 is 0. The molecule has 0 unspecified atom stereocenters. The second-order valence-electron chi connectivity index (χ2n) is 9.60. The van der Waals surface area contributed by atoms with Crippen molar-refractivity contribution < 1.29 is 24.2 Å². The minimum Gasteiger partial charge on any atom is -0.481 e. The minimum atomic E-state index is -0.913. The van der Waals surface area contributed by atoms with Gasteiger partial charge in [-0.05, 0) is 47.4 Å². The number of nitrogens with one attached hydrogen (secondary N) is 2. The highest BCUT2D eigenvalue weighted by molar-refractivity contribution is 5.81. The van der Waals surface area contributed by atoms with Gasteiger partial charge in [-0.15, -0.1) is 0 Å². The molecule has 3 atom stereocenters. The Kier molecular flexibility index (Phi) is 8.06. The second kappa shape index (κ2) is 11.4. The second-order valence-corrected chi connectivity index (χ2v) is 9.60. The fourth-order valence-electron chi connectivity index (χ4n) is 5.58. The van der Waals surface area contributed by atoms with Crippen LogP contribution in [-0.4, -0.2) is 42.3 Å². The minimum absolute atomic E-state index is 0.00268. The molecule has 2 aliphatic carbocycles. The van der Waals surface area contributed by atoms with E-state index in [-0.39, 0.29) is 42.7 Å². The van der Waals surface area contributed by atoms with E-state index < -0.39 is 12.1 Å². The first-order valence-corrected chi connectivity index (χ1v) is 12.6. The van der Waals surface area contributed by atoms with Crippen molar-refractivity contribution in [2.45, 2.75) is 57.4 Å². The van der Waals surface area contributed by atoms with Gasteiger partial charge in [0.1, 0.15) is 6.61 Å². The van der Waals surface area contributed by atoms with Gasteiger partial charge in [0.2, 0.25) is 5.91 Å². The lowest BCUT2D eigenvalue weighted by molar-refractivity contribution is -0.138. The molecular formula is C28H34N2O5. The molecule has 2 aliphatic rings. The highest BCUT2D eigenvalue weighted by Gasteiger charge is 2.34. The predicted octanol–water partition coefficient (Wildman–Crippen LogP) is 4.70. The maximum Gasteiger partial charge on any atom is 0.407 e. The van der Waals surface area contributed by atoms with Crippen LogP contribution in [0.3, 0.4) is 0 Å². The molecule has 7 heteroatoms. The fourth-order valence-corrected chi connectivity index (χ4v) is 5.58. The van der Waals surface area contributed by atoms with E-state index in [1.165, 1.54) is 11.1 Å². The molecule has 0 radical (unpaired) electrons. The van der Waals surface area contributed by atoms with Crippen molar-refractivity contribution in [3.05, 3.63) is 59.7 Å². The van der Waals surface area contributed by atoms with E-state index in [9.17, 15) is 14.4 Å². The van der Waals surface area contributed by atoms with E-state index in [0.717, 1.165) is 36.8 Å². The van der Waals surface area contributed by atoms with Crippen LogP contribution in [0.1, 0.15) is 62.5 Å². The summed E-state index contributed by atoms with van der Waals surface area (Å²) < 4.78 is 5.62. The van der Waals surface area contributed by atoms with Crippen LogP contribution in [0.15, 0.2) is 48.5 Å². The van der Waals surface area contributed by atoms with E-state index in [1.807, 2.05) is 31.2 Å². The normalized spacial score (nSPS) is 19.5. The largest absolute Gasteiger partial charge is 0.481 e. The molecule has 35 heavy (non-hydrogen) atoms. The van der Waals surface area contributed by atoms with Crippen molar-refractivity contribution in [2.75, 3.05) is 13.2 Å². The van der Waals surface area contributed by atoms with E-state index in [0.29, 0.717) is 13.0 Å². The molecule has 0 heterocycles. The van der Waals surface area contributed by atoms with Gasteiger partial charge in [0.25, 0.3) is 0 Å². The molecule has 2 aromatic rings. The Balaban J connectivity index is 1.29. The Bertz CT molecular complexity index is 1020. The van der Waals surface area contributed by atoms with Gasteiger partial charge in [-0.1, -0.05) is 68.3 Å². The van der Waals surface area contributed by atoms with Gasteiger partial charge in [0, 0.05) is 24.4 Å². The third kappa shape index (κ3) is 5.84. The Morgan fingerprint density at radius 2 is 1.69 bits per heavy atom. The standard InChI is InChI=1S/C28H34N2O5/c1-2-8-19(15-26(31)32)30-27(33)20-14-7-9-18(20)16-29-28(34)35-17-25-23-12-5-3-10-21(23)22-11-4-6-13-24(22)25/h3-6,10-13,18-20,25H,2,7-9,14-17H2,1H3,(H,29,34)(H,30,33)(H,31,32)/t18-,19-,20-/m1/s1. The van der Waals surface area contributed by atoms with Crippen LogP contribution in [0, 0.1) is 11.8 Å². The molecule has 0 aromatic heterocycles. The third-order valence-corrected chi connectivity index (χ3v) is 7.25. The van der Waals surface area contributed by atoms with E-state index >= 15 is 0 Å². The van der Waals surface area contributed by atoms with Crippen molar-refractivity contribution in [1.82, 2.24) is 10.6 Å². The zero-order chi connectivity index (χ0) is 24.8. The van der Waals surface area contributed by atoms with Crippen LogP contribution in [0.4, 0.5) is 4.79 Å². The van der Waals surface area contributed by atoms with Crippen molar-refractivity contribution in [1.29, 1.82) is 0 Å². The number of amides is 2. The lowest BCUT2D eigenvalue weighted by Crippen LogP contribution is -2.43. The number of carboxylic acid groups (broad SMARTS) is 1. The van der Waals surface area contributed by atoms with Crippen molar-refractivity contribution in [3.63, 3.8) is 0 Å². The van der Waals surface area contributed by atoms with Gasteiger partial charge in [0.05, 0.1) is 6.42 Å². The molecule has 4 rings (SSSR count). The molecule has 0 bridgehead atoms. The molecule has 0 saturated heterocycles. The Labute approximate surface area is 206 Å². The number of alkyl carbamates (subject to hydrolysis) is 1. The molecule has 2 aromatic carbocycles. The Morgan fingerprint density at radius 1 is 1.03 bits per heavy atom. The number of hydrogen-bond acceptors (Lipinski definition) is 4. The molecule has 186 valence electrons. The number of ether oxygens (including phenoxy) is 1. The monoisotopic (exact) mass is 478 g/mol. The summed E-state index contributed by atoms with van der Waals surface area (Å²) in [5.41, 5.74) is 4.69. The highest BCUT2D eigenvalue weighted by Crippen LogP contribution is 2.44. The zero-order valence-electron chi connectivity index (χ0n) is 20.2. The lowest BCUT2D eigenvalue weighted by Gasteiger charge is -2.23. The number of carboxylic acids is 1. The summed E-state index contributed by atoms with van der Waals surface area (Å²) in [7, 11) is 0. The molecule has 0 aliphatic heterocycles. The SMILES string of the molecule is CCC[C@H](CC(=O)O)NC(=O)[C@@H]1CCC[C@@H]1CNC(=O)OCC1c2ccccc2-c2ccccc21. The van der Waals surface area contributed by atoms with Crippen molar-refractivity contribution in [3.8, 4) is 11.1 Å². The summed E-state index contributed by atoms with van der Waals surface area (Å²) in [4.78, 5) is 36.5. The number of carbonyl (C=O) groups is 3. The molecule has 1 saturated carbocycles. The first-order valence-electron chi connectivity index (χ1n) is 12.6. The van der Waals surface area contributed by atoms with Gasteiger partial charge < -0.3 is 20.5 Å². The first-order chi connectivity index (χ1) is 17.0. The van der Waals surface area contributed by atoms with Crippen LogP contribution in [0.2, 0.25) is 0 Å². The summed E-state index contributed by atoms with van der Waals surface area (Å²) in [6, 6.07) is 16.1. The summed E-state index contributed by atoms with van der Waals surface area (Å²) in [6.45, 7) is 2.59. The maximum absolute atomic E-state index is 12.9. The number of aliphatic carboxylic acids is 1. The smallest absolute Gasteiger partial charge is 0.407 e. The molecule has 1 fully saturated rings. The number of carbonyl (C=O) groups excluding carboxylic acids is 2. The van der Waals surface area contributed by atoms with E-state index in [1.54, 1.807) is 0 Å². The molecule has 3 N–H and O–H groups in total. The van der Waals surface area contributed by atoms with Gasteiger partial charge in [-0.2, -0.15) is 0 Å². The summed E-state index contributed by atoms with van der Waals surface area (Å²) in [5, 5.41) is 14.9. The van der Waals surface area contributed by atoms with Crippen molar-refractivity contribution in [2.24, 2.45) is 11.8 Å². The number of rotatable bonds is 10. The predicted molar refractivity (Wildman–Crippen MR) is 133 cm³/mol. The van der Waals surface area contributed by atoms with E-state index in [4.69, 9.17) is 9.84 Å². The zero-order valence-corrected chi connectivity index (χ0v) is 20.2. The molecule has 0 spiro atoms. The first kappa shape index (κ1) is 24.8. The van der Waals surface area contributed by atoms with Gasteiger partial charge in [0.15, 0.2) is 0 Å². The summed E-state index contributed by atoms with van der Waals surface area (Å²) in [6.07, 6.45) is 3.38. The third-order valence-electron chi connectivity index (χ3n) is 7.25. The van der Waals surface area contributed by atoms with E-state index in [2.05, 4.69) is 34.9 Å². The van der Waals surface area contributed by atoms with Crippen LogP contribution in [0.25, 0.3) is 11.1 Å². The van der Waals surface area contributed by atoms with Gasteiger partial charge in [-0.3, -0.25) is 9.59 Å². The number of benzene rings is 2. The van der Waals surface area contributed by atoms with Crippen LogP contribution in [0.5, 0.6) is 0 Å². The lowest BCUT2D eigenvalue weighted by atomic mass is 9.94. The quantitative estimate of drug-likeness (QED) is 0.459. The molecule has 7 nitrogen and oxygen atoms in total. The number of fused-ring (bicyclic) bond motifs is 3. The molecular weight excluding hydrogens is 444 g/mol. The van der Waals surface area contributed by atoms with Crippen molar-refractivity contribution >= 4 is 18.0 Å². The van der Waals surface area contributed by atoms with Gasteiger partial charge in [-0.25, -0.2) is 4.79 Å². The average Bonchev–Trinajstić information content (AvgIpc) is 3.44. The number of hydrogen-bond donors (Lipinski definition) is 3. The highest BCUT2D eigenvalue weighted by atomic mass is 16.5. The Hall–Kier alpha value is -3.35. The van der Waals surface area contributed by atoms with Crippen LogP contribution < -0.4 is 10.6 Å². The Morgan fingerprint density at radius 3 is 2.31 bits per heavy atom. The van der Waals surface area contributed by atoms with Gasteiger partial charge >= 0.3 is 12.1 Å².